The molecule has 0 radical (unpaired) electrons. The number of esters is 1. The lowest BCUT2D eigenvalue weighted by Gasteiger charge is -2.18. The first-order valence-electron chi connectivity index (χ1n) is 10.7. The molecule has 0 spiro atoms. The maximum absolute atomic E-state index is 13.3. The van der Waals surface area contributed by atoms with Crippen LogP contribution in [-0.2, 0) is 14.3 Å². The van der Waals surface area contributed by atoms with E-state index in [4.69, 9.17) is 14.2 Å². The van der Waals surface area contributed by atoms with E-state index < -0.39 is 24.5 Å². The second-order valence-electron chi connectivity index (χ2n) is 7.61. The fourth-order valence-corrected chi connectivity index (χ4v) is 4.30. The second kappa shape index (κ2) is 11.1. The first kappa shape index (κ1) is 22.9. The summed E-state index contributed by atoms with van der Waals surface area (Å²) in [5.41, 5.74) is 1.05. The Morgan fingerprint density at radius 2 is 1.91 bits per heavy atom. The maximum Gasteiger partial charge on any atom is 0.338 e. The van der Waals surface area contributed by atoms with Crippen LogP contribution in [0.4, 0.5) is 4.39 Å². The van der Waals surface area contributed by atoms with Gasteiger partial charge in [0.1, 0.15) is 18.2 Å². The van der Waals surface area contributed by atoms with E-state index in [9.17, 15) is 14.0 Å². The predicted molar refractivity (Wildman–Crippen MR) is 122 cm³/mol. The summed E-state index contributed by atoms with van der Waals surface area (Å²) in [6.07, 6.45) is 2.15. The Kier molecular flexibility index (Phi) is 7.70. The molecule has 6 nitrogen and oxygen atoms in total. The molecule has 33 heavy (non-hydrogen) atoms. The molecule has 0 saturated carbocycles. The third-order valence-corrected chi connectivity index (χ3v) is 6.16. The number of hydrogen-bond donors (Lipinski definition) is 1. The first-order chi connectivity index (χ1) is 16.1. The van der Waals surface area contributed by atoms with Crippen LogP contribution in [-0.4, -0.2) is 37.8 Å². The van der Waals surface area contributed by atoms with E-state index in [0.717, 1.165) is 29.9 Å². The number of amides is 1. The van der Waals surface area contributed by atoms with Crippen LogP contribution in [0, 0.1) is 5.82 Å². The molecule has 1 aromatic heterocycles. The summed E-state index contributed by atoms with van der Waals surface area (Å²) in [5.74, 6) is -0.780. The van der Waals surface area contributed by atoms with Crippen LogP contribution in [0.5, 0.6) is 5.75 Å². The quantitative estimate of drug-likeness (QED) is 0.467. The predicted octanol–water partition coefficient (Wildman–Crippen LogP) is 4.51. The summed E-state index contributed by atoms with van der Waals surface area (Å²) in [5, 5.41) is 4.75. The van der Waals surface area contributed by atoms with Gasteiger partial charge >= 0.3 is 5.97 Å². The number of benzene rings is 2. The normalized spacial score (nSPS) is 16.2. The number of ether oxygens (including phenoxy) is 3. The SMILES string of the molecule is O=C(COC(=O)c1ccc(OCC2CCCO2)cc1)NC(c1ccc(F)cc1)c1cccs1. The van der Waals surface area contributed by atoms with E-state index in [1.54, 1.807) is 36.4 Å². The van der Waals surface area contributed by atoms with Crippen LogP contribution in [0.3, 0.4) is 0 Å². The highest BCUT2D eigenvalue weighted by Crippen LogP contribution is 2.26. The van der Waals surface area contributed by atoms with Gasteiger partial charge in [0.25, 0.3) is 5.91 Å². The van der Waals surface area contributed by atoms with Crippen molar-refractivity contribution in [3.05, 3.63) is 87.9 Å². The molecule has 2 atom stereocenters. The van der Waals surface area contributed by atoms with Gasteiger partial charge < -0.3 is 19.5 Å². The Labute approximate surface area is 195 Å². The van der Waals surface area contributed by atoms with Crippen molar-refractivity contribution in [2.24, 2.45) is 0 Å². The highest BCUT2D eigenvalue weighted by molar-refractivity contribution is 7.10. The molecule has 1 saturated heterocycles. The van der Waals surface area contributed by atoms with Gasteiger partial charge in [-0.1, -0.05) is 18.2 Å². The minimum Gasteiger partial charge on any atom is -0.491 e. The number of thiophene rings is 1. The molecular formula is C25H24FNO5S. The third kappa shape index (κ3) is 6.40. The van der Waals surface area contributed by atoms with Gasteiger partial charge in [-0.3, -0.25) is 4.79 Å². The monoisotopic (exact) mass is 469 g/mol. The van der Waals surface area contributed by atoms with Crippen LogP contribution in [0.1, 0.15) is 39.7 Å². The molecule has 2 unspecified atom stereocenters. The van der Waals surface area contributed by atoms with E-state index >= 15 is 0 Å². The molecule has 172 valence electrons. The van der Waals surface area contributed by atoms with E-state index in [0.29, 0.717) is 17.9 Å². The minimum atomic E-state index is -0.606. The van der Waals surface area contributed by atoms with Crippen molar-refractivity contribution in [3.8, 4) is 5.75 Å². The summed E-state index contributed by atoms with van der Waals surface area (Å²) >= 11 is 1.47. The zero-order valence-corrected chi connectivity index (χ0v) is 18.7. The lowest BCUT2D eigenvalue weighted by atomic mass is 10.1. The van der Waals surface area contributed by atoms with Crippen molar-refractivity contribution in [1.82, 2.24) is 5.32 Å². The van der Waals surface area contributed by atoms with Gasteiger partial charge in [-0.2, -0.15) is 0 Å². The van der Waals surface area contributed by atoms with Crippen molar-refractivity contribution in [1.29, 1.82) is 0 Å². The Balaban J connectivity index is 1.29. The van der Waals surface area contributed by atoms with Crippen molar-refractivity contribution in [2.45, 2.75) is 25.0 Å². The highest BCUT2D eigenvalue weighted by atomic mass is 32.1. The maximum atomic E-state index is 13.3. The van der Waals surface area contributed by atoms with Crippen molar-refractivity contribution in [3.63, 3.8) is 0 Å². The standard InChI is InChI=1S/C25H24FNO5S/c26-19-9-5-17(6-10-19)24(22-4-2-14-33-22)27-23(28)16-32-25(29)18-7-11-20(12-8-18)31-15-21-3-1-13-30-21/h2,4-12,14,21,24H,1,3,13,15-16H2,(H,27,28). The largest absolute Gasteiger partial charge is 0.491 e. The number of rotatable bonds is 9. The zero-order chi connectivity index (χ0) is 23.0. The smallest absolute Gasteiger partial charge is 0.338 e. The van der Waals surface area contributed by atoms with E-state index in [2.05, 4.69) is 5.32 Å². The van der Waals surface area contributed by atoms with E-state index in [1.165, 1.54) is 23.5 Å². The molecule has 1 aliphatic rings. The van der Waals surface area contributed by atoms with Crippen LogP contribution >= 0.6 is 11.3 Å². The number of carbonyl (C=O) groups is 2. The van der Waals surface area contributed by atoms with E-state index in [-0.39, 0.29) is 11.9 Å². The summed E-state index contributed by atoms with van der Waals surface area (Å²) in [4.78, 5) is 25.7. The summed E-state index contributed by atoms with van der Waals surface area (Å²) in [6, 6.07) is 15.8. The molecular weight excluding hydrogens is 445 g/mol. The topological polar surface area (TPSA) is 73.9 Å². The molecule has 1 amide bonds. The van der Waals surface area contributed by atoms with E-state index in [1.807, 2.05) is 17.5 Å². The van der Waals surface area contributed by atoms with Crippen LogP contribution < -0.4 is 10.1 Å². The van der Waals surface area contributed by atoms with Gasteiger partial charge in [0.05, 0.1) is 17.7 Å². The number of nitrogens with one attached hydrogen (secondary N) is 1. The number of carbonyl (C=O) groups excluding carboxylic acids is 2. The highest BCUT2D eigenvalue weighted by Gasteiger charge is 2.20. The number of halogens is 1. The minimum absolute atomic E-state index is 0.112. The zero-order valence-electron chi connectivity index (χ0n) is 17.9. The Hall–Kier alpha value is -3.23. The van der Waals surface area contributed by atoms with Crippen LogP contribution in [0.15, 0.2) is 66.0 Å². The molecule has 1 aliphatic heterocycles. The Bertz CT molecular complexity index is 1050. The van der Waals surface area contributed by atoms with Gasteiger partial charge in [-0.05, 0) is 66.2 Å². The molecule has 0 bridgehead atoms. The molecule has 1 fully saturated rings. The molecule has 3 aromatic rings. The molecule has 1 N–H and O–H groups in total. The molecule has 2 heterocycles. The molecule has 4 rings (SSSR count). The summed E-state index contributed by atoms with van der Waals surface area (Å²) in [7, 11) is 0. The van der Waals surface area contributed by atoms with Crippen LogP contribution in [0.25, 0.3) is 0 Å². The Morgan fingerprint density at radius 1 is 1.12 bits per heavy atom. The lowest BCUT2D eigenvalue weighted by Crippen LogP contribution is -2.32. The van der Waals surface area contributed by atoms with Crippen LogP contribution in [0.2, 0.25) is 0 Å². The summed E-state index contributed by atoms with van der Waals surface area (Å²) < 4.78 is 29.7. The fourth-order valence-electron chi connectivity index (χ4n) is 3.50. The van der Waals surface area contributed by atoms with Gasteiger partial charge in [0.15, 0.2) is 6.61 Å². The Morgan fingerprint density at radius 3 is 2.58 bits per heavy atom. The number of hydrogen-bond acceptors (Lipinski definition) is 6. The van der Waals surface area contributed by atoms with Crippen molar-refractivity contribution < 1.29 is 28.2 Å². The molecule has 2 aromatic carbocycles. The van der Waals surface area contributed by atoms with Gasteiger partial charge in [0, 0.05) is 11.5 Å². The van der Waals surface area contributed by atoms with Gasteiger partial charge in [0.2, 0.25) is 0 Å². The molecule has 0 aliphatic carbocycles. The average molecular weight is 470 g/mol. The fraction of sp³-hybridized carbons (Fsp3) is 0.280. The molecule has 8 heteroatoms. The third-order valence-electron chi connectivity index (χ3n) is 5.22. The first-order valence-corrected chi connectivity index (χ1v) is 11.6. The van der Waals surface area contributed by atoms with Crippen molar-refractivity contribution in [2.75, 3.05) is 19.8 Å². The lowest BCUT2D eigenvalue weighted by molar-refractivity contribution is -0.124. The second-order valence-corrected chi connectivity index (χ2v) is 8.59. The van der Waals surface area contributed by atoms with Gasteiger partial charge in [-0.15, -0.1) is 11.3 Å². The van der Waals surface area contributed by atoms with Gasteiger partial charge in [-0.25, -0.2) is 9.18 Å². The average Bonchev–Trinajstić information content (AvgIpc) is 3.55. The van der Waals surface area contributed by atoms with Crippen molar-refractivity contribution >= 4 is 23.2 Å². The summed E-state index contributed by atoms with van der Waals surface area (Å²) in [6.45, 7) is 0.812.